The second-order valence-corrected chi connectivity index (χ2v) is 11.3. The smallest absolute Gasteiger partial charge is 0.220 e. The lowest BCUT2D eigenvalue weighted by atomic mass is 9.98. The van der Waals surface area contributed by atoms with Crippen LogP contribution in [-0.2, 0) is 26.7 Å². The first-order valence-corrected chi connectivity index (χ1v) is 12.3. The fourth-order valence-corrected chi connectivity index (χ4v) is 6.15. The second kappa shape index (κ2) is 6.70. The molecule has 0 aliphatic heterocycles. The number of ketones is 1. The Morgan fingerprint density at radius 3 is 2.36 bits per heavy atom. The maximum absolute atomic E-state index is 13.2. The van der Waals surface area contributed by atoms with E-state index in [9.17, 15) is 26.7 Å². The molecule has 8 nitrogen and oxygen atoms in total. The summed E-state index contributed by atoms with van der Waals surface area (Å²) in [4.78, 5) is 12.5. The van der Waals surface area contributed by atoms with Crippen molar-refractivity contribution >= 4 is 25.5 Å². The Bertz CT molecular complexity index is 1190. The normalized spacial score (nSPS) is 15.0. The van der Waals surface area contributed by atoms with E-state index in [0.29, 0.717) is 5.69 Å². The number of hydrogen-bond acceptors (Lipinski definition) is 7. The third-order valence-electron chi connectivity index (χ3n) is 4.94. The first kappa shape index (κ1) is 20.5. The highest BCUT2D eigenvalue weighted by atomic mass is 32.2. The molecule has 0 bridgehead atoms. The molecule has 0 spiro atoms. The van der Waals surface area contributed by atoms with Crippen LogP contribution in [-0.4, -0.2) is 49.5 Å². The summed E-state index contributed by atoms with van der Waals surface area (Å²) >= 11 is 0. The van der Waals surface area contributed by atoms with Gasteiger partial charge in [-0.15, -0.1) is 0 Å². The van der Waals surface area contributed by atoms with Gasteiger partial charge in [0.2, 0.25) is 11.7 Å². The highest BCUT2D eigenvalue weighted by Crippen LogP contribution is 2.44. The summed E-state index contributed by atoms with van der Waals surface area (Å²) in [5.74, 6) is -1.09. The highest BCUT2D eigenvalue weighted by Gasteiger charge is 2.36. The van der Waals surface area contributed by atoms with Crippen LogP contribution in [0.25, 0.3) is 0 Å². The lowest BCUT2D eigenvalue weighted by molar-refractivity contribution is 0.103. The third kappa shape index (κ3) is 3.35. The van der Waals surface area contributed by atoms with Gasteiger partial charge in [0, 0.05) is 24.8 Å². The minimum Gasteiger partial charge on any atom is -0.493 e. The van der Waals surface area contributed by atoms with Crippen molar-refractivity contribution in [3.05, 3.63) is 34.5 Å². The number of rotatable bonds is 6. The van der Waals surface area contributed by atoms with Gasteiger partial charge in [0.1, 0.15) is 5.56 Å². The van der Waals surface area contributed by atoms with Gasteiger partial charge in [0.25, 0.3) is 0 Å². The number of carbonyl (C=O) groups is 1. The molecule has 2 aromatic rings. The molecule has 0 radical (unpaired) electrons. The molecule has 3 rings (SSSR count). The van der Waals surface area contributed by atoms with Crippen molar-refractivity contribution in [2.45, 2.75) is 42.4 Å². The first-order chi connectivity index (χ1) is 12.9. The van der Waals surface area contributed by atoms with Gasteiger partial charge in [-0.3, -0.25) is 4.79 Å². The Balaban J connectivity index is 2.28. The molecule has 0 unspecified atom stereocenters. The van der Waals surface area contributed by atoms with Crippen molar-refractivity contribution in [2.75, 3.05) is 12.0 Å². The van der Waals surface area contributed by atoms with E-state index in [1.807, 2.05) is 0 Å². The van der Waals surface area contributed by atoms with E-state index in [4.69, 9.17) is 0 Å². The molecule has 1 aromatic carbocycles. The van der Waals surface area contributed by atoms with Gasteiger partial charge in [-0.1, -0.05) is 6.92 Å². The number of benzene rings is 1. The number of aromatic nitrogens is 2. The van der Waals surface area contributed by atoms with E-state index >= 15 is 0 Å². The number of aryl methyl sites for hydroxylation is 1. The molecule has 0 saturated heterocycles. The van der Waals surface area contributed by atoms with Crippen LogP contribution in [0.15, 0.2) is 21.9 Å². The number of carbonyl (C=O) groups excluding carboxylic acids is 1. The summed E-state index contributed by atoms with van der Waals surface area (Å²) in [7, 11) is -6.22. The maximum Gasteiger partial charge on any atom is 0.220 e. The summed E-state index contributed by atoms with van der Waals surface area (Å²) < 4.78 is 50.7. The Labute approximate surface area is 164 Å². The second-order valence-electron chi connectivity index (χ2n) is 7.05. The zero-order valence-electron chi connectivity index (χ0n) is 16.1. The molecule has 1 aliphatic carbocycles. The Hall–Kier alpha value is -2.20. The predicted octanol–water partition coefficient (Wildman–Crippen LogP) is 1.74. The van der Waals surface area contributed by atoms with E-state index in [2.05, 4.69) is 5.10 Å². The van der Waals surface area contributed by atoms with Crippen LogP contribution in [0.5, 0.6) is 5.88 Å². The lowest BCUT2D eigenvalue weighted by Crippen LogP contribution is -2.16. The van der Waals surface area contributed by atoms with Crippen LogP contribution in [0.1, 0.15) is 52.9 Å². The van der Waals surface area contributed by atoms with Gasteiger partial charge in [-0.2, -0.15) is 5.10 Å². The molecule has 1 heterocycles. The molecule has 0 atom stereocenters. The zero-order valence-corrected chi connectivity index (χ0v) is 17.7. The van der Waals surface area contributed by atoms with Gasteiger partial charge in [0.15, 0.2) is 19.7 Å². The summed E-state index contributed by atoms with van der Waals surface area (Å²) in [5, 5.41) is 14.6. The minimum atomic E-state index is -3.91. The fraction of sp³-hybridized carbons (Fsp3) is 0.444. The quantitative estimate of drug-likeness (QED) is 0.698. The Morgan fingerprint density at radius 1 is 1.25 bits per heavy atom. The monoisotopic (exact) mass is 426 g/mol. The fourth-order valence-electron chi connectivity index (χ4n) is 3.27. The van der Waals surface area contributed by atoms with E-state index in [-0.39, 0.29) is 44.0 Å². The van der Waals surface area contributed by atoms with Crippen LogP contribution in [0.3, 0.4) is 0 Å². The SMILES string of the molecule is CCS(=O)(=O)c1c(S(C)(=O)=O)ccc(C(=O)c2c(C3CC3)nn(C)c2O)c1C. The maximum atomic E-state index is 13.2. The van der Waals surface area contributed by atoms with Crippen LogP contribution in [0.2, 0.25) is 0 Å². The van der Waals surface area contributed by atoms with Gasteiger partial charge >= 0.3 is 0 Å². The van der Waals surface area contributed by atoms with Crippen LogP contribution in [0, 0.1) is 6.92 Å². The first-order valence-electron chi connectivity index (χ1n) is 8.77. The van der Waals surface area contributed by atoms with Gasteiger partial charge in [-0.05, 0) is 37.5 Å². The number of aromatic hydroxyl groups is 1. The molecule has 1 N–H and O–H groups in total. The van der Waals surface area contributed by atoms with Gasteiger partial charge < -0.3 is 5.11 Å². The molecular weight excluding hydrogens is 404 g/mol. The van der Waals surface area contributed by atoms with Crippen molar-refractivity contribution in [3.8, 4) is 5.88 Å². The summed E-state index contributed by atoms with van der Waals surface area (Å²) in [5.41, 5.74) is 0.612. The molecule has 10 heteroatoms. The third-order valence-corrected chi connectivity index (χ3v) is 8.12. The number of hydrogen-bond donors (Lipinski definition) is 1. The van der Waals surface area contributed by atoms with Crippen LogP contribution < -0.4 is 0 Å². The molecular formula is C18H22N2O6S2. The number of nitrogens with zero attached hydrogens (tertiary/aromatic N) is 2. The summed E-state index contributed by atoms with van der Waals surface area (Å²) in [6.45, 7) is 2.82. The molecule has 28 heavy (non-hydrogen) atoms. The van der Waals surface area contributed by atoms with E-state index < -0.39 is 25.5 Å². The lowest BCUT2D eigenvalue weighted by Gasteiger charge is -2.15. The molecule has 0 amide bonds. The average Bonchev–Trinajstić information content (AvgIpc) is 3.39. The van der Waals surface area contributed by atoms with Crippen molar-refractivity contribution < 1.29 is 26.7 Å². The van der Waals surface area contributed by atoms with Crippen molar-refractivity contribution in [1.29, 1.82) is 0 Å². The molecule has 1 aliphatic rings. The standard InChI is InChI=1S/C18H22N2O6S2/c1-5-28(25,26)17-10(2)12(8-9-13(17)27(4,23)24)16(21)14-15(11-6-7-11)19-20(3)18(14)22/h8-9,11,22H,5-7H2,1-4H3. The molecule has 1 aromatic heterocycles. The highest BCUT2D eigenvalue weighted by molar-refractivity contribution is 7.94. The molecule has 152 valence electrons. The summed E-state index contributed by atoms with van der Waals surface area (Å²) in [6.07, 6.45) is 2.65. The van der Waals surface area contributed by atoms with Crippen molar-refractivity contribution in [2.24, 2.45) is 7.05 Å². The largest absolute Gasteiger partial charge is 0.493 e. The Kier molecular flexibility index (Phi) is 4.91. The van der Waals surface area contributed by atoms with E-state index in [1.54, 1.807) is 0 Å². The van der Waals surface area contributed by atoms with Gasteiger partial charge in [0.05, 0.1) is 21.2 Å². The zero-order chi connectivity index (χ0) is 21.0. The van der Waals surface area contributed by atoms with E-state index in [0.717, 1.165) is 25.2 Å². The van der Waals surface area contributed by atoms with Crippen LogP contribution >= 0.6 is 0 Å². The molecule has 1 fully saturated rings. The topological polar surface area (TPSA) is 123 Å². The average molecular weight is 427 g/mol. The van der Waals surface area contributed by atoms with E-state index in [1.165, 1.54) is 31.6 Å². The summed E-state index contributed by atoms with van der Waals surface area (Å²) in [6, 6.07) is 2.44. The minimum absolute atomic E-state index is 0.0321. The molecule has 1 saturated carbocycles. The number of sulfone groups is 2. The van der Waals surface area contributed by atoms with Crippen molar-refractivity contribution in [3.63, 3.8) is 0 Å². The Morgan fingerprint density at radius 2 is 1.86 bits per heavy atom. The predicted molar refractivity (Wildman–Crippen MR) is 102 cm³/mol. The van der Waals surface area contributed by atoms with Gasteiger partial charge in [-0.25, -0.2) is 21.5 Å². The van der Waals surface area contributed by atoms with Crippen molar-refractivity contribution in [1.82, 2.24) is 9.78 Å². The van der Waals surface area contributed by atoms with Crippen LogP contribution in [0.4, 0.5) is 0 Å².